The smallest absolute Gasteiger partial charge is 0.175 e. The van der Waals surface area contributed by atoms with Gasteiger partial charge in [-0.05, 0) is 61.6 Å². The van der Waals surface area contributed by atoms with Gasteiger partial charge in [0.05, 0.1) is 23.2 Å². The highest BCUT2D eigenvalue weighted by Gasteiger charge is 2.13. The lowest BCUT2D eigenvalue weighted by Crippen LogP contribution is -2.00. The molecule has 0 heterocycles. The highest BCUT2D eigenvalue weighted by atomic mass is 79.9. The van der Waals surface area contributed by atoms with Crippen LogP contribution in [-0.2, 0) is 6.61 Å². The normalized spacial score (nSPS) is 11.2. The Kier molecular flexibility index (Phi) is 6.35. The van der Waals surface area contributed by atoms with Gasteiger partial charge in [-0.1, -0.05) is 72.8 Å². The van der Waals surface area contributed by atoms with E-state index in [0.717, 1.165) is 21.2 Å². The van der Waals surface area contributed by atoms with Crippen molar-refractivity contribution < 1.29 is 9.47 Å². The Balaban J connectivity index is 1.64. The lowest BCUT2D eigenvalue weighted by atomic mass is 10.0. The van der Waals surface area contributed by atoms with Crippen molar-refractivity contribution in [1.29, 1.82) is 5.26 Å². The van der Waals surface area contributed by atoms with Gasteiger partial charge >= 0.3 is 0 Å². The maximum Gasteiger partial charge on any atom is 0.175 e. The van der Waals surface area contributed by atoms with Crippen LogP contribution in [-0.4, -0.2) is 7.11 Å². The Morgan fingerprint density at radius 1 is 0.968 bits per heavy atom. The average Bonchev–Trinajstić information content (AvgIpc) is 2.82. The molecule has 4 aromatic carbocycles. The van der Waals surface area contributed by atoms with Crippen LogP contribution in [0.4, 0.5) is 0 Å². The van der Waals surface area contributed by atoms with E-state index in [9.17, 15) is 5.26 Å². The zero-order valence-corrected chi connectivity index (χ0v) is 18.6. The summed E-state index contributed by atoms with van der Waals surface area (Å²) < 4.78 is 12.5. The molecule has 0 saturated heterocycles. The summed E-state index contributed by atoms with van der Waals surface area (Å²) in [6, 6.07) is 30.1. The monoisotopic (exact) mass is 469 g/mol. The minimum atomic E-state index is 0.416. The molecule has 152 valence electrons. The first-order valence-electron chi connectivity index (χ1n) is 9.84. The minimum Gasteiger partial charge on any atom is -0.493 e. The fourth-order valence-corrected chi connectivity index (χ4v) is 4.07. The molecule has 0 aliphatic heterocycles. The van der Waals surface area contributed by atoms with Crippen LogP contribution in [0.3, 0.4) is 0 Å². The zero-order valence-electron chi connectivity index (χ0n) is 17.0. The number of halogens is 1. The molecule has 4 heteroatoms. The van der Waals surface area contributed by atoms with Crippen molar-refractivity contribution >= 4 is 38.4 Å². The van der Waals surface area contributed by atoms with Crippen LogP contribution < -0.4 is 9.47 Å². The molecule has 0 fully saturated rings. The third-order valence-corrected chi connectivity index (χ3v) is 5.61. The molecule has 0 aliphatic rings. The van der Waals surface area contributed by atoms with E-state index in [1.54, 1.807) is 7.11 Å². The van der Waals surface area contributed by atoms with Gasteiger partial charge in [0.1, 0.15) is 6.61 Å². The standard InChI is InChI=1S/C27H20BrNO2/c1-30-26-16-19(14-23(17-29)20-8-3-2-4-9-20)15-25(28)27(26)31-18-22-12-7-11-21-10-5-6-13-24(21)22/h2-16H,18H2,1H3/b23-14-. The van der Waals surface area contributed by atoms with Crippen molar-refractivity contribution in [3.8, 4) is 17.6 Å². The fraction of sp³-hybridized carbons (Fsp3) is 0.0741. The number of benzene rings is 4. The summed E-state index contributed by atoms with van der Waals surface area (Å²) in [6.45, 7) is 0.416. The van der Waals surface area contributed by atoms with E-state index in [1.807, 2.05) is 66.7 Å². The second-order valence-electron chi connectivity index (χ2n) is 7.00. The first-order chi connectivity index (χ1) is 15.2. The number of nitriles is 1. The molecule has 0 bridgehead atoms. The highest BCUT2D eigenvalue weighted by Crippen LogP contribution is 2.38. The zero-order chi connectivity index (χ0) is 21.6. The van der Waals surface area contributed by atoms with Gasteiger partial charge in [-0.15, -0.1) is 0 Å². The van der Waals surface area contributed by atoms with Gasteiger partial charge in [0, 0.05) is 0 Å². The van der Waals surface area contributed by atoms with Gasteiger partial charge in [-0.3, -0.25) is 0 Å². The summed E-state index contributed by atoms with van der Waals surface area (Å²) >= 11 is 3.61. The van der Waals surface area contributed by atoms with Crippen molar-refractivity contribution in [2.75, 3.05) is 7.11 Å². The first kappa shape index (κ1) is 20.7. The summed E-state index contributed by atoms with van der Waals surface area (Å²) in [6.07, 6.45) is 1.84. The van der Waals surface area contributed by atoms with E-state index < -0.39 is 0 Å². The molecule has 0 spiro atoms. The molecule has 0 atom stereocenters. The Morgan fingerprint density at radius 3 is 2.48 bits per heavy atom. The van der Waals surface area contributed by atoms with Crippen molar-refractivity contribution in [2.45, 2.75) is 6.61 Å². The number of methoxy groups -OCH3 is 1. The predicted molar refractivity (Wildman–Crippen MR) is 129 cm³/mol. The van der Waals surface area contributed by atoms with Crippen molar-refractivity contribution in [3.63, 3.8) is 0 Å². The minimum absolute atomic E-state index is 0.416. The number of hydrogen-bond acceptors (Lipinski definition) is 3. The van der Waals surface area contributed by atoms with E-state index >= 15 is 0 Å². The average molecular weight is 470 g/mol. The molecule has 0 amide bonds. The van der Waals surface area contributed by atoms with Gasteiger partial charge in [-0.2, -0.15) is 5.26 Å². The highest BCUT2D eigenvalue weighted by molar-refractivity contribution is 9.10. The first-order valence-corrected chi connectivity index (χ1v) is 10.6. The summed E-state index contributed by atoms with van der Waals surface area (Å²) in [5.74, 6) is 1.23. The number of hydrogen-bond donors (Lipinski definition) is 0. The third kappa shape index (κ3) is 4.63. The van der Waals surface area contributed by atoms with E-state index in [4.69, 9.17) is 9.47 Å². The van der Waals surface area contributed by atoms with E-state index in [-0.39, 0.29) is 0 Å². The van der Waals surface area contributed by atoms with Gasteiger partial charge in [0.25, 0.3) is 0 Å². The largest absolute Gasteiger partial charge is 0.493 e. The van der Waals surface area contributed by atoms with Crippen LogP contribution in [0.2, 0.25) is 0 Å². The second-order valence-corrected chi connectivity index (χ2v) is 7.85. The maximum atomic E-state index is 9.60. The van der Waals surface area contributed by atoms with Gasteiger partial charge in [0.15, 0.2) is 11.5 Å². The number of fused-ring (bicyclic) bond motifs is 1. The molecule has 0 unspecified atom stereocenters. The summed E-state index contributed by atoms with van der Waals surface area (Å²) in [5, 5.41) is 12.0. The van der Waals surface area contributed by atoms with Crippen LogP contribution in [0.5, 0.6) is 11.5 Å². The molecule has 0 N–H and O–H groups in total. The topological polar surface area (TPSA) is 42.2 Å². The number of allylic oxidation sites excluding steroid dienone is 1. The fourth-order valence-electron chi connectivity index (χ4n) is 3.50. The summed E-state index contributed by atoms with van der Waals surface area (Å²) in [5.41, 5.74) is 3.41. The lowest BCUT2D eigenvalue weighted by Gasteiger charge is -2.15. The Labute approximate surface area is 190 Å². The van der Waals surface area contributed by atoms with E-state index in [2.05, 4.69) is 46.3 Å². The molecular formula is C27H20BrNO2. The molecule has 0 saturated carbocycles. The van der Waals surface area contributed by atoms with Crippen molar-refractivity contribution in [2.24, 2.45) is 0 Å². The van der Waals surface area contributed by atoms with Crippen LogP contribution in [0.1, 0.15) is 16.7 Å². The molecule has 4 rings (SSSR count). The van der Waals surface area contributed by atoms with Gasteiger partial charge < -0.3 is 9.47 Å². The Bertz CT molecular complexity index is 1280. The van der Waals surface area contributed by atoms with Crippen molar-refractivity contribution in [3.05, 3.63) is 106 Å². The van der Waals surface area contributed by atoms with Gasteiger partial charge in [0.2, 0.25) is 0 Å². The number of rotatable bonds is 6. The lowest BCUT2D eigenvalue weighted by molar-refractivity contribution is 0.283. The molecular weight excluding hydrogens is 450 g/mol. The Morgan fingerprint density at radius 2 is 1.71 bits per heavy atom. The van der Waals surface area contributed by atoms with E-state index in [0.29, 0.717) is 23.7 Å². The summed E-state index contributed by atoms with van der Waals surface area (Å²) in [4.78, 5) is 0. The molecule has 0 radical (unpaired) electrons. The van der Waals surface area contributed by atoms with Crippen LogP contribution in [0.25, 0.3) is 22.4 Å². The Hall–Kier alpha value is -3.55. The summed E-state index contributed by atoms with van der Waals surface area (Å²) in [7, 11) is 1.61. The molecule has 31 heavy (non-hydrogen) atoms. The van der Waals surface area contributed by atoms with Crippen LogP contribution in [0.15, 0.2) is 89.4 Å². The van der Waals surface area contributed by atoms with E-state index in [1.165, 1.54) is 10.8 Å². The molecule has 0 aliphatic carbocycles. The molecule has 0 aromatic heterocycles. The van der Waals surface area contributed by atoms with Gasteiger partial charge in [-0.25, -0.2) is 0 Å². The third-order valence-electron chi connectivity index (χ3n) is 5.02. The number of ether oxygens (including phenoxy) is 2. The van der Waals surface area contributed by atoms with Crippen LogP contribution in [0, 0.1) is 11.3 Å². The predicted octanol–water partition coefficient (Wildman–Crippen LogP) is 7.25. The van der Waals surface area contributed by atoms with Crippen LogP contribution >= 0.6 is 15.9 Å². The maximum absolute atomic E-state index is 9.60. The number of nitrogens with zero attached hydrogens (tertiary/aromatic N) is 1. The molecule has 4 aromatic rings. The quantitative estimate of drug-likeness (QED) is 0.220. The SMILES string of the molecule is COc1cc(/C=C(/C#N)c2ccccc2)cc(Br)c1OCc1cccc2ccccc12. The second kappa shape index (κ2) is 9.51. The van der Waals surface area contributed by atoms with Crippen molar-refractivity contribution in [1.82, 2.24) is 0 Å². The molecule has 3 nitrogen and oxygen atoms in total.